The van der Waals surface area contributed by atoms with Crippen LogP contribution >= 0.6 is 11.3 Å². The van der Waals surface area contributed by atoms with Crippen molar-refractivity contribution in [2.75, 3.05) is 26.2 Å². The van der Waals surface area contributed by atoms with E-state index in [0.717, 1.165) is 36.0 Å². The Morgan fingerprint density at radius 3 is 2.63 bits per heavy atom. The van der Waals surface area contributed by atoms with Crippen molar-refractivity contribution >= 4 is 17.3 Å². The number of hydrogen-bond donors (Lipinski definition) is 3. The molecule has 0 spiro atoms. The number of guanidine groups is 1. The van der Waals surface area contributed by atoms with Gasteiger partial charge in [0.25, 0.3) is 0 Å². The number of aromatic nitrogens is 1. The third-order valence-corrected chi connectivity index (χ3v) is 5.86. The molecule has 1 aliphatic carbocycles. The number of alkyl halides is 3. The summed E-state index contributed by atoms with van der Waals surface area (Å²) >= 11 is 1.02. The predicted octanol–water partition coefficient (Wildman–Crippen LogP) is 3.59. The molecule has 2 rings (SSSR count). The lowest BCUT2D eigenvalue weighted by Crippen LogP contribution is -2.40. The van der Waals surface area contributed by atoms with Gasteiger partial charge in [-0.2, -0.15) is 13.2 Å². The van der Waals surface area contributed by atoms with Crippen LogP contribution in [0, 0.1) is 5.41 Å². The molecule has 0 unspecified atom stereocenters. The summed E-state index contributed by atoms with van der Waals surface area (Å²) < 4.78 is 37.8. The van der Waals surface area contributed by atoms with Gasteiger partial charge in [0.2, 0.25) is 0 Å². The van der Waals surface area contributed by atoms with Crippen LogP contribution in [0.15, 0.2) is 10.4 Å². The van der Waals surface area contributed by atoms with Gasteiger partial charge in [-0.25, -0.2) is 4.98 Å². The summed E-state index contributed by atoms with van der Waals surface area (Å²) in [5.41, 5.74) is -0.766. The highest BCUT2D eigenvalue weighted by atomic mass is 32.1. The first-order valence-electron chi connectivity index (χ1n) is 9.53. The van der Waals surface area contributed by atoms with Crippen molar-refractivity contribution < 1.29 is 18.3 Å². The molecule has 0 saturated heterocycles. The quantitative estimate of drug-likeness (QED) is 0.456. The number of halogens is 3. The fourth-order valence-corrected chi connectivity index (χ4v) is 4.26. The highest BCUT2D eigenvalue weighted by molar-refractivity contribution is 7.09. The van der Waals surface area contributed by atoms with Crippen molar-refractivity contribution in [3.63, 3.8) is 0 Å². The zero-order chi connectivity index (χ0) is 19.8. The van der Waals surface area contributed by atoms with Gasteiger partial charge in [-0.3, -0.25) is 4.99 Å². The van der Waals surface area contributed by atoms with Crippen LogP contribution in [0.3, 0.4) is 0 Å². The Morgan fingerprint density at radius 2 is 2.04 bits per heavy atom. The summed E-state index contributed by atoms with van der Waals surface area (Å²) in [6.07, 6.45) is 2.52. The van der Waals surface area contributed by atoms with Crippen LogP contribution in [-0.4, -0.2) is 42.3 Å². The molecule has 0 aliphatic heterocycles. The maximum absolute atomic E-state index is 12.6. The molecule has 1 heterocycles. The van der Waals surface area contributed by atoms with Gasteiger partial charge in [-0.1, -0.05) is 19.3 Å². The predicted molar refractivity (Wildman–Crippen MR) is 102 cm³/mol. The van der Waals surface area contributed by atoms with E-state index in [4.69, 9.17) is 0 Å². The molecule has 0 bridgehead atoms. The van der Waals surface area contributed by atoms with Gasteiger partial charge < -0.3 is 15.7 Å². The Balaban J connectivity index is 1.90. The van der Waals surface area contributed by atoms with E-state index in [1.54, 1.807) is 0 Å². The number of aliphatic imine (C=N–C) groups is 1. The molecule has 0 aromatic carbocycles. The van der Waals surface area contributed by atoms with Crippen LogP contribution in [0.4, 0.5) is 13.2 Å². The van der Waals surface area contributed by atoms with Crippen LogP contribution in [0.25, 0.3) is 0 Å². The number of aliphatic hydroxyl groups is 1. The lowest BCUT2D eigenvalue weighted by atomic mass is 9.72. The summed E-state index contributed by atoms with van der Waals surface area (Å²) in [6.45, 7) is 3.96. The lowest BCUT2D eigenvalue weighted by Gasteiger charge is -2.35. The van der Waals surface area contributed by atoms with E-state index in [-0.39, 0.29) is 12.0 Å². The van der Waals surface area contributed by atoms with Crippen molar-refractivity contribution in [3.8, 4) is 0 Å². The molecule has 1 aromatic rings. The first kappa shape index (κ1) is 21.9. The molecule has 154 valence electrons. The Labute approximate surface area is 162 Å². The largest absolute Gasteiger partial charge is 0.434 e. The Kier molecular flexibility index (Phi) is 8.34. The third kappa shape index (κ3) is 6.95. The van der Waals surface area contributed by atoms with Crippen LogP contribution < -0.4 is 10.6 Å². The highest BCUT2D eigenvalue weighted by Crippen LogP contribution is 2.39. The van der Waals surface area contributed by atoms with Gasteiger partial charge in [0, 0.05) is 38.0 Å². The summed E-state index contributed by atoms with van der Waals surface area (Å²) in [4.78, 5) is 8.33. The van der Waals surface area contributed by atoms with E-state index in [1.807, 2.05) is 6.92 Å². The van der Waals surface area contributed by atoms with Crippen molar-refractivity contribution in [3.05, 3.63) is 16.1 Å². The SMILES string of the molecule is CCNC(=NCC1(CCO)CCCCC1)NCCc1nc(C(F)(F)F)cs1. The van der Waals surface area contributed by atoms with Crippen LogP contribution in [-0.2, 0) is 12.6 Å². The van der Waals surface area contributed by atoms with Crippen LogP contribution in [0.1, 0.15) is 56.2 Å². The lowest BCUT2D eigenvalue weighted by molar-refractivity contribution is -0.140. The van der Waals surface area contributed by atoms with Gasteiger partial charge in [0.15, 0.2) is 11.7 Å². The topological polar surface area (TPSA) is 69.5 Å². The average molecular weight is 407 g/mol. The van der Waals surface area contributed by atoms with Crippen LogP contribution in [0.2, 0.25) is 0 Å². The molecule has 1 aromatic heterocycles. The van der Waals surface area contributed by atoms with E-state index in [9.17, 15) is 18.3 Å². The molecule has 9 heteroatoms. The minimum absolute atomic E-state index is 0.0618. The average Bonchev–Trinajstić information content (AvgIpc) is 3.10. The number of nitrogens with zero attached hydrogens (tertiary/aromatic N) is 2. The molecule has 0 amide bonds. The van der Waals surface area contributed by atoms with Gasteiger partial charge in [-0.15, -0.1) is 11.3 Å². The molecule has 0 radical (unpaired) electrons. The number of rotatable bonds is 8. The minimum Gasteiger partial charge on any atom is -0.396 e. The molecular weight excluding hydrogens is 377 g/mol. The third-order valence-electron chi connectivity index (χ3n) is 4.95. The van der Waals surface area contributed by atoms with Crippen molar-refractivity contribution in [1.29, 1.82) is 0 Å². The number of nitrogens with one attached hydrogen (secondary N) is 2. The maximum Gasteiger partial charge on any atom is 0.434 e. The van der Waals surface area contributed by atoms with Gasteiger partial charge >= 0.3 is 6.18 Å². The van der Waals surface area contributed by atoms with E-state index < -0.39 is 11.9 Å². The molecule has 5 nitrogen and oxygen atoms in total. The Bertz CT molecular complexity index is 592. The van der Waals surface area contributed by atoms with Crippen molar-refractivity contribution in [1.82, 2.24) is 15.6 Å². The van der Waals surface area contributed by atoms with Crippen LogP contribution in [0.5, 0.6) is 0 Å². The molecule has 27 heavy (non-hydrogen) atoms. The molecule has 3 N–H and O–H groups in total. The van der Waals surface area contributed by atoms with Crippen molar-refractivity contribution in [2.24, 2.45) is 10.4 Å². The molecule has 1 fully saturated rings. The highest BCUT2D eigenvalue weighted by Gasteiger charge is 2.33. The smallest absolute Gasteiger partial charge is 0.396 e. The van der Waals surface area contributed by atoms with Crippen molar-refractivity contribution in [2.45, 2.75) is 58.0 Å². The summed E-state index contributed by atoms with van der Waals surface area (Å²) in [5, 5.41) is 17.3. The number of thiazole rings is 1. The van der Waals surface area contributed by atoms with Gasteiger partial charge in [0.05, 0.1) is 5.01 Å². The molecular formula is C18H29F3N4OS. The number of hydrogen-bond acceptors (Lipinski definition) is 4. The summed E-state index contributed by atoms with van der Waals surface area (Å²) in [5.74, 6) is 0.660. The molecule has 1 aliphatic rings. The zero-order valence-corrected chi connectivity index (χ0v) is 16.6. The second-order valence-corrected chi connectivity index (χ2v) is 7.97. The first-order chi connectivity index (χ1) is 12.9. The van der Waals surface area contributed by atoms with Gasteiger partial charge in [0.1, 0.15) is 0 Å². The minimum atomic E-state index is -4.39. The summed E-state index contributed by atoms with van der Waals surface area (Å²) in [7, 11) is 0. The van der Waals surface area contributed by atoms with Gasteiger partial charge in [-0.05, 0) is 31.6 Å². The zero-order valence-electron chi connectivity index (χ0n) is 15.7. The standard InChI is InChI=1S/C18H29F3N4OS/c1-2-22-16(24-13-17(9-11-26)7-4-3-5-8-17)23-10-6-15-25-14(12-27-15)18(19,20)21/h12,26H,2-11,13H2,1H3,(H2,22,23,24). The Morgan fingerprint density at radius 1 is 1.30 bits per heavy atom. The van der Waals surface area contributed by atoms with E-state index >= 15 is 0 Å². The fourth-order valence-electron chi connectivity index (χ4n) is 3.46. The second kappa shape index (κ2) is 10.3. The van der Waals surface area contributed by atoms with E-state index in [1.165, 1.54) is 19.3 Å². The monoisotopic (exact) mass is 406 g/mol. The molecule has 1 saturated carbocycles. The number of aliphatic hydroxyl groups excluding tert-OH is 1. The normalized spacial score (nSPS) is 17.7. The Hall–Kier alpha value is -1.35. The maximum atomic E-state index is 12.6. The van der Waals surface area contributed by atoms with E-state index in [2.05, 4.69) is 20.6 Å². The fraction of sp³-hybridized carbons (Fsp3) is 0.778. The first-order valence-corrected chi connectivity index (χ1v) is 10.4. The molecule has 0 atom stereocenters. The van der Waals surface area contributed by atoms with E-state index in [0.29, 0.717) is 37.0 Å². The second-order valence-electron chi connectivity index (χ2n) is 7.03. The summed E-state index contributed by atoms with van der Waals surface area (Å²) in [6, 6.07) is 0.